The van der Waals surface area contributed by atoms with Crippen molar-refractivity contribution in [2.45, 2.75) is 12.8 Å². The highest BCUT2D eigenvalue weighted by atomic mass is 16.5. The van der Waals surface area contributed by atoms with Crippen LogP contribution in [0.4, 0.5) is 0 Å². The molecule has 130 valence electrons. The molecule has 0 radical (unpaired) electrons. The van der Waals surface area contributed by atoms with Gasteiger partial charge in [0.05, 0.1) is 27.2 Å². The zero-order valence-electron chi connectivity index (χ0n) is 14.7. The van der Waals surface area contributed by atoms with Crippen LogP contribution in [0.5, 0.6) is 11.5 Å². The lowest BCUT2D eigenvalue weighted by atomic mass is 9.93. The topological polar surface area (TPSA) is 44.8 Å². The first-order valence-electron chi connectivity index (χ1n) is 8.27. The smallest absolute Gasteiger partial charge is 0.312 e. The maximum atomic E-state index is 12.2. The van der Waals surface area contributed by atoms with Crippen molar-refractivity contribution < 1.29 is 19.0 Å². The normalized spacial score (nSPS) is 16.3. The fraction of sp³-hybridized carbons (Fsp3) is 0.286. The Labute approximate surface area is 148 Å². The second-order valence-electron chi connectivity index (χ2n) is 6.00. The van der Waals surface area contributed by atoms with E-state index in [1.807, 2.05) is 42.5 Å². The van der Waals surface area contributed by atoms with E-state index in [9.17, 15) is 4.79 Å². The molecule has 1 aliphatic rings. The van der Waals surface area contributed by atoms with Crippen LogP contribution in [0.2, 0.25) is 0 Å². The molecule has 0 spiro atoms. The zero-order chi connectivity index (χ0) is 17.8. The maximum absolute atomic E-state index is 12.2. The molecule has 0 fully saturated rings. The molecule has 3 rings (SSSR count). The average Bonchev–Trinajstić information content (AvgIpc) is 2.86. The second kappa shape index (κ2) is 7.43. The second-order valence-corrected chi connectivity index (χ2v) is 6.00. The summed E-state index contributed by atoms with van der Waals surface area (Å²) in [5.41, 5.74) is 4.38. The highest BCUT2D eigenvalue weighted by Crippen LogP contribution is 2.35. The summed E-state index contributed by atoms with van der Waals surface area (Å²) in [5.74, 6) is 1.16. The van der Waals surface area contributed by atoms with Gasteiger partial charge in [0.25, 0.3) is 0 Å². The van der Waals surface area contributed by atoms with E-state index in [1.165, 1.54) is 12.7 Å². The number of methoxy groups -OCH3 is 3. The Bertz CT molecular complexity index is 790. The van der Waals surface area contributed by atoms with Crippen molar-refractivity contribution in [1.29, 1.82) is 0 Å². The summed E-state index contributed by atoms with van der Waals surface area (Å²) in [7, 11) is 4.75. The van der Waals surface area contributed by atoms with Crippen molar-refractivity contribution in [3.8, 4) is 11.5 Å². The Kier molecular flexibility index (Phi) is 5.08. The third kappa shape index (κ3) is 3.53. The van der Waals surface area contributed by atoms with Gasteiger partial charge in [0.2, 0.25) is 0 Å². The van der Waals surface area contributed by atoms with Crippen molar-refractivity contribution in [3.05, 3.63) is 65.2 Å². The Balaban J connectivity index is 2.10. The first-order chi connectivity index (χ1) is 12.2. The standard InChI is InChI=1S/C21H22O4/c1-23-17-8-6-14(7-9-17)20-13-16(21(22)25-3)5-4-15-12-18(24-2)10-11-19(15)20/h6-13,16H,4-5H2,1-3H3. The van der Waals surface area contributed by atoms with E-state index in [1.54, 1.807) is 14.2 Å². The van der Waals surface area contributed by atoms with Crippen LogP contribution in [0, 0.1) is 5.92 Å². The van der Waals surface area contributed by atoms with Crippen molar-refractivity contribution in [3.63, 3.8) is 0 Å². The number of fused-ring (bicyclic) bond motifs is 1. The van der Waals surface area contributed by atoms with Gasteiger partial charge in [0.15, 0.2) is 0 Å². The van der Waals surface area contributed by atoms with Gasteiger partial charge in [-0.2, -0.15) is 0 Å². The van der Waals surface area contributed by atoms with Crippen LogP contribution < -0.4 is 9.47 Å². The Morgan fingerprint density at radius 3 is 2.28 bits per heavy atom. The van der Waals surface area contributed by atoms with Crippen molar-refractivity contribution in [1.82, 2.24) is 0 Å². The molecule has 0 amide bonds. The van der Waals surface area contributed by atoms with Gasteiger partial charge in [-0.25, -0.2) is 0 Å². The first-order valence-corrected chi connectivity index (χ1v) is 8.27. The Morgan fingerprint density at radius 2 is 1.64 bits per heavy atom. The molecule has 0 heterocycles. The summed E-state index contributed by atoms with van der Waals surface area (Å²) >= 11 is 0. The van der Waals surface area contributed by atoms with Crippen molar-refractivity contribution in [2.24, 2.45) is 5.92 Å². The molecule has 0 saturated heterocycles. The number of hydrogen-bond acceptors (Lipinski definition) is 4. The molecule has 4 nitrogen and oxygen atoms in total. The fourth-order valence-corrected chi connectivity index (χ4v) is 3.21. The van der Waals surface area contributed by atoms with Crippen molar-refractivity contribution in [2.75, 3.05) is 21.3 Å². The highest BCUT2D eigenvalue weighted by Gasteiger charge is 2.24. The fourth-order valence-electron chi connectivity index (χ4n) is 3.21. The lowest BCUT2D eigenvalue weighted by molar-refractivity contribution is -0.143. The lowest BCUT2D eigenvalue weighted by Crippen LogP contribution is -2.14. The van der Waals surface area contributed by atoms with E-state index >= 15 is 0 Å². The van der Waals surface area contributed by atoms with Crippen LogP contribution >= 0.6 is 0 Å². The number of carbonyl (C=O) groups excluding carboxylic acids is 1. The first kappa shape index (κ1) is 17.1. The molecule has 0 aromatic heterocycles. The zero-order valence-corrected chi connectivity index (χ0v) is 14.7. The van der Waals surface area contributed by atoms with Gasteiger partial charge in [-0.3, -0.25) is 4.79 Å². The number of rotatable bonds is 4. The Morgan fingerprint density at radius 1 is 0.960 bits per heavy atom. The molecule has 4 heteroatoms. The molecule has 1 atom stereocenters. The molecule has 1 aliphatic carbocycles. The summed E-state index contributed by atoms with van der Waals surface area (Å²) in [6, 6.07) is 13.9. The van der Waals surface area contributed by atoms with Crippen LogP contribution in [-0.2, 0) is 16.0 Å². The molecule has 2 aromatic carbocycles. The van der Waals surface area contributed by atoms with Gasteiger partial charge in [0.1, 0.15) is 11.5 Å². The van der Waals surface area contributed by atoms with E-state index in [2.05, 4.69) is 6.07 Å². The third-order valence-corrected chi connectivity index (χ3v) is 4.60. The van der Waals surface area contributed by atoms with E-state index in [0.29, 0.717) is 6.42 Å². The number of ether oxygens (including phenoxy) is 3. The number of benzene rings is 2. The largest absolute Gasteiger partial charge is 0.497 e. The van der Waals surface area contributed by atoms with Crippen LogP contribution in [0.1, 0.15) is 23.1 Å². The van der Waals surface area contributed by atoms with Gasteiger partial charge in [-0.1, -0.05) is 24.3 Å². The minimum atomic E-state index is -0.263. The van der Waals surface area contributed by atoms with Gasteiger partial charge in [0, 0.05) is 0 Å². The van der Waals surface area contributed by atoms with Gasteiger partial charge < -0.3 is 14.2 Å². The summed E-state index contributed by atoms with van der Waals surface area (Å²) in [5, 5.41) is 0. The number of esters is 1. The molecule has 2 aromatic rings. The summed E-state index contributed by atoms with van der Waals surface area (Å²) < 4.78 is 15.6. The minimum Gasteiger partial charge on any atom is -0.497 e. The predicted octanol–water partition coefficient (Wildman–Crippen LogP) is 3.87. The predicted molar refractivity (Wildman–Crippen MR) is 96.9 cm³/mol. The monoisotopic (exact) mass is 338 g/mol. The van der Waals surface area contributed by atoms with Crippen LogP contribution in [0.15, 0.2) is 48.5 Å². The molecular formula is C21H22O4. The molecule has 0 bridgehead atoms. The minimum absolute atomic E-state index is 0.203. The maximum Gasteiger partial charge on any atom is 0.312 e. The summed E-state index contributed by atoms with van der Waals surface area (Å²) in [6.07, 6.45) is 3.53. The van der Waals surface area contributed by atoms with Gasteiger partial charge >= 0.3 is 5.97 Å². The van der Waals surface area contributed by atoms with Crippen molar-refractivity contribution >= 4 is 11.5 Å². The molecule has 0 saturated carbocycles. The van der Waals surface area contributed by atoms with Crippen LogP contribution in [0.25, 0.3) is 5.57 Å². The molecular weight excluding hydrogens is 316 g/mol. The quantitative estimate of drug-likeness (QED) is 0.794. The third-order valence-electron chi connectivity index (χ3n) is 4.60. The highest BCUT2D eigenvalue weighted by molar-refractivity contribution is 5.86. The van der Waals surface area contributed by atoms with Gasteiger partial charge in [-0.15, -0.1) is 0 Å². The molecule has 0 N–H and O–H groups in total. The van der Waals surface area contributed by atoms with Gasteiger partial charge in [-0.05, 0) is 59.4 Å². The van der Waals surface area contributed by atoms with E-state index in [-0.39, 0.29) is 11.9 Å². The van der Waals surface area contributed by atoms with E-state index in [4.69, 9.17) is 14.2 Å². The number of aryl methyl sites for hydroxylation is 1. The molecule has 1 unspecified atom stereocenters. The average molecular weight is 338 g/mol. The van der Waals surface area contributed by atoms with E-state index < -0.39 is 0 Å². The molecule has 25 heavy (non-hydrogen) atoms. The number of carbonyl (C=O) groups is 1. The van der Waals surface area contributed by atoms with E-state index in [0.717, 1.165) is 34.6 Å². The number of hydrogen-bond donors (Lipinski definition) is 0. The summed E-state index contributed by atoms with van der Waals surface area (Å²) in [4.78, 5) is 12.2. The SMILES string of the molecule is COC(=O)C1C=C(c2ccc(OC)cc2)c2ccc(OC)cc2CC1. The lowest BCUT2D eigenvalue weighted by Gasteiger charge is -2.13. The van der Waals surface area contributed by atoms with Crippen LogP contribution in [0.3, 0.4) is 0 Å². The molecule has 0 aliphatic heterocycles. The summed E-state index contributed by atoms with van der Waals surface area (Å²) in [6.45, 7) is 0. The Hall–Kier alpha value is -2.75. The van der Waals surface area contributed by atoms with Crippen LogP contribution in [-0.4, -0.2) is 27.3 Å².